The molecule has 102 valence electrons. The number of nitrogens with zero attached hydrogens (tertiary/aromatic N) is 5. The van der Waals surface area contributed by atoms with Crippen LogP contribution in [0.1, 0.15) is 10.4 Å². The lowest BCUT2D eigenvalue weighted by Gasteiger charge is -2.01. The number of nitro groups is 1. The van der Waals surface area contributed by atoms with Crippen molar-refractivity contribution in [2.45, 2.75) is 0 Å². The van der Waals surface area contributed by atoms with Crippen LogP contribution in [0.3, 0.4) is 0 Å². The number of fused-ring (bicyclic) bond motifs is 3. The van der Waals surface area contributed by atoms with Crippen LogP contribution < -0.4 is 0 Å². The van der Waals surface area contributed by atoms with Crippen molar-refractivity contribution in [1.82, 2.24) is 20.0 Å². The first-order valence-corrected chi connectivity index (χ1v) is 5.42. The maximum absolute atomic E-state index is 11.0. The molecule has 3 rings (SSSR count). The maximum atomic E-state index is 11.0. The largest absolute Gasteiger partial charge is 0.478 e. The molecule has 0 aliphatic heterocycles. The molecule has 0 fully saturated rings. The predicted octanol–water partition coefficient (Wildman–Crippen LogP) is 0.869. The van der Waals surface area contributed by atoms with Crippen LogP contribution in [0.4, 0.5) is 0 Å². The van der Waals surface area contributed by atoms with Gasteiger partial charge in [0.15, 0.2) is 12.7 Å². The number of para-hydroxylation sites is 1. The minimum absolute atomic E-state index is 0.101. The van der Waals surface area contributed by atoms with E-state index in [1.54, 1.807) is 6.07 Å². The number of rotatable bonds is 1. The lowest BCUT2D eigenvalue weighted by molar-refractivity contribution is -0.445. The molecule has 1 N–H and O–H groups in total. The highest BCUT2D eigenvalue weighted by Gasteiger charge is 2.14. The molecule has 0 unspecified atom stereocenters. The Labute approximate surface area is 111 Å². The molecule has 0 bridgehead atoms. The Morgan fingerprint density at radius 2 is 2.05 bits per heavy atom. The zero-order valence-corrected chi connectivity index (χ0v) is 10.3. The first-order valence-electron chi connectivity index (χ1n) is 5.42. The topological polar surface area (TPSA) is 124 Å². The molecular formula is C11H9N5O4. The number of aromatic carboxylic acids is 1. The summed E-state index contributed by atoms with van der Waals surface area (Å²) in [5, 5.41) is 29.6. The summed E-state index contributed by atoms with van der Waals surface area (Å²) >= 11 is 0. The third kappa shape index (κ3) is 2.51. The quantitative estimate of drug-likeness (QED) is 0.516. The second-order valence-corrected chi connectivity index (χ2v) is 3.78. The standard InChI is InChI=1S/C10H6N4O2.CH3NO2/c15-10(16)7-5-6-3-1-2-4-8(6)14-9(7)11-12-13-14;1-2(3)4/h1-5H,(H,15,16);1H3. The molecule has 1 aromatic carbocycles. The molecular weight excluding hydrogens is 266 g/mol. The third-order valence-electron chi connectivity index (χ3n) is 2.41. The van der Waals surface area contributed by atoms with Gasteiger partial charge in [-0.05, 0) is 22.6 Å². The molecule has 9 nitrogen and oxygen atoms in total. The lowest BCUT2D eigenvalue weighted by atomic mass is 10.1. The molecule has 0 radical (unpaired) electrons. The van der Waals surface area contributed by atoms with Crippen molar-refractivity contribution in [1.29, 1.82) is 0 Å². The fourth-order valence-corrected chi connectivity index (χ4v) is 1.70. The van der Waals surface area contributed by atoms with Gasteiger partial charge in [-0.25, -0.2) is 4.79 Å². The molecule has 0 aliphatic carbocycles. The number of hydrogen-bond donors (Lipinski definition) is 1. The summed E-state index contributed by atoms with van der Waals surface area (Å²) in [6, 6.07) is 8.92. The van der Waals surface area contributed by atoms with E-state index in [1.807, 2.05) is 24.3 Å². The molecule has 2 heterocycles. The van der Waals surface area contributed by atoms with E-state index in [2.05, 4.69) is 15.5 Å². The van der Waals surface area contributed by atoms with Crippen LogP contribution in [-0.2, 0) is 0 Å². The van der Waals surface area contributed by atoms with Gasteiger partial charge in [0.25, 0.3) is 0 Å². The van der Waals surface area contributed by atoms with Gasteiger partial charge in [-0.3, -0.25) is 10.1 Å². The second-order valence-electron chi connectivity index (χ2n) is 3.78. The van der Waals surface area contributed by atoms with Crippen LogP contribution in [0, 0.1) is 10.1 Å². The van der Waals surface area contributed by atoms with Crippen LogP contribution in [0.2, 0.25) is 0 Å². The van der Waals surface area contributed by atoms with Crippen molar-refractivity contribution in [3.05, 3.63) is 46.0 Å². The number of carbonyl (C=O) groups is 1. The summed E-state index contributed by atoms with van der Waals surface area (Å²) in [6.45, 7) is 0. The molecule has 20 heavy (non-hydrogen) atoms. The fraction of sp³-hybridized carbons (Fsp3) is 0.0909. The van der Waals surface area contributed by atoms with Gasteiger partial charge in [-0.1, -0.05) is 18.2 Å². The van der Waals surface area contributed by atoms with Crippen molar-refractivity contribution in [3.8, 4) is 0 Å². The van der Waals surface area contributed by atoms with Gasteiger partial charge in [0, 0.05) is 10.3 Å². The Morgan fingerprint density at radius 1 is 1.40 bits per heavy atom. The van der Waals surface area contributed by atoms with E-state index in [0.29, 0.717) is 0 Å². The molecule has 0 atom stereocenters. The number of hydrogen-bond acceptors (Lipinski definition) is 6. The summed E-state index contributed by atoms with van der Waals surface area (Å²) in [6.07, 6.45) is 0. The maximum Gasteiger partial charge on any atom is 0.339 e. The van der Waals surface area contributed by atoms with E-state index >= 15 is 0 Å². The van der Waals surface area contributed by atoms with E-state index in [1.165, 1.54) is 4.52 Å². The summed E-state index contributed by atoms with van der Waals surface area (Å²) in [4.78, 5) is 19.4. The van der Waals surface area contributed by atoms with Gasteiger partial charge < -0.3 is 5.11 Å². The highest BCUT2D eigenvalue weighted by atomic mass is 16.6. The Kier molecular flexibility index (Phi) is 3.51. The zero-order chi connectivity index (χ0) is 14.7. The van der Waals surface area contributed by atoms with Crippen LogP contribution in [0.25, 0.3) is 16.6 Å². The van der Waals surface area contributed by atoms with Crippen molar-refractivity contribution < 1.29 is 14.8 Å². The lowest BCUT2D eigenvalue weighted by Crippen LogP contribution is -2.02. The molecule has 0 aliphatic rings. The molecule has 9 heteroatoms. The molecule has 3 aromatic rings. The summed E-state index contributed by atoms with van der Waals surface area (Å²) in [5.74, 6) is -1.04. The van der Waals surface area contributed by atoms with Gasteiger partial charge in [0.05, 0.1) is 5.52 Å². The summed E-state index contributed by atoms with van der Waals surface area (Å²) in [7, 11) is 0.889. The smallest absolute Gasteiger partial charge is 0.339 e. The fourth-order valence-electron chi connectivity index (χ4n) is 1.70. The number of tetrazole rings is 1. The average molecular weight is 275 g/mol. The SMILES string of the molecule is C[N+](=O)[O-].O=C(O)c1cc2ccccc2n2nnnc12. The van der Waals surface area contributed by atoms with Crippen molar-refractivity contribution in [3.63, 3.8) is 0 Å². The van der Waals surface area contributed by atoms with E-state index in [9.17, 15) is 4.79 Å². The van der Waals surface area contributed by atoms with Crippen LogP contribution >= 0.6 is 0 Å². The minimum Gasteiger partial charge on any atom is -0.478 e. The van der Waals surface area contributed by atoms with Gasteiger partial charge >= 0.3 is 5.97 Å². The van der Waals surface area contributed by atoms with Gasteiger partial charge in [0.2, 0.25) is 0 Å². The molecule has 0 saturated heterocycles. The second kappa shape index (κ2) is 5.26. The van der Waals surface area contributed by atoms with Crippen molar-refractivity contribution in [2.75, 3.05) is 7.05 Å². The zero-order valence-electron chi connectivity index (χ0n) is 10.3. The molecule has 2 aromatic heterocycles. The van der Waals surface area contributed by atoms with Gasteiger partial charge in [-0.15, -0.1) is 5.10 Å². The summed E-state index contributed by atoms with van der Waals surface area (Å²) in [5.41, 5.74) is 1.14. The van der Waals surface area contributed by atoms with E-state index < -0.39 is 10.9 Å². The number of aromatic nitrogens is 4. The first kappa shape index (κ1) is 13.3. The Hall–Kier alpha value is -3.10. The molecule has 0 amide bonds. The van der Waals surface area contributed by atoms with Crippen LogP contribution in [-0.4, -0.2) is 43.1 Å². The van der Waals surface area contributed by atoms with Crippen molar-refractivity contribution >= 4 is 22.5 Å². The van der Waals surface area contributed by atoms with Gasteiger partial charge in [-0.2, -0.15) is 4.52 Å². The van der Waals surface area contributed by atoms with Crippen LogP contribution in [0.5, 0.6) is 0 Å². The normalized spacial score (nSPS) is 10.1. The van der Waals surface area contributed by atoms with E-state index in [4.69, 9.17) is 15.2 Å². The van der Waals surface area contributed by atoms with E-state index in [-0.39, 0.29) is 11.2 Å². The Morgan fingerprint density at radius 3 is 2.70 bits per heavy atom. The van der Waals surface area contributed by atoms with Crippen LogP contribution in [0.15, 0.2) is 30.3 Å². The Bertz CT molecular complexity index is 794. The number of carboxylic acid groups (broad SMARTS) is 1. The first-order chi connectivity index (χ1) is 9.50. The van der Waals surface area contributed by atoms with Crippen molar-refractivity contribution in [2.24, 2.45) is 0 Å². The number of carboxylic acids is 1. The Balaban J connectivity index is 0.000000328. The highest BCUT2D eigenvalue weighted by Crippen LogP contribution is 2.18. The monoisotopic (exact) mass is 275 g/mol. The molecule has 0 spiro atoms. The van der Waals surface area contributed by atoms with Gasteiger partial charge in [0.1, 0.15) is 5.56 Å². The number of benzene rings is 1. The average Bonchev–Trinajstić information content (AvgIpc) is 2.86. The molecule has 0 saturated carbocycles. The van der Waals surface area contributed by atoms with E-state index in [0.717, 1.165) is 18.0 Å². The minimum atomic E-state index is -1.04. The third-order valence-corrected chi connectivity index (χ3v) is 2.41. The predicted molar refractivity (Wildman–Crippen MR) is 68.2 cm³/mol. The summed E-state index contributed by atoms with van der Waals surface area (Å²) < 4.78 is 1.43. The highest BCUT2D eigenvalue weighted by molar-refractivity contribution is 5.99. The number of pyridine rings is 1.